The fraction of sp³-hybridized carbons (Fsp3) is 0.529. The number of ether oxygens (including phenoxy) is 1. The van der Waals surface area contributed by atoms with Crippen LogP contribution in [0.5, 0.6) is 5.75 Å². The van der Waals surface area contributed by atoms with Crippen LogP contribution in [0.15, 0.2) is 24.8 Å². The minimum absolute atomic E-state index is 0.0271. The Labute approximate surface area is 128 Å². The number of benzene rings is 1. The van der Waals surface area contributed by atoms with Crippen molar-refractivity contribution in [2.24, 2.45) is 11.8 Å². The van der Waals surface area contributed by atoms with E-state index in [2.05, 4.69) is 12.7 Å². The minimum Gasteiger partial charge on any atom is -0.491 e. The quantitative estimate of drug-likeness (QED) is 0.576. The predicted octanol–water partition coefficient (Wildman–Crippen LogP) is 3.57. The van der Waals surface area contributed by atoms with Crippen LogP contribution in [0.2, 0.25) is 6.04 Å². The number of hydrogen-bond acceptors (Lipinski definition) is 1. The summed E-state index contributed by atoms with van der Waals surface area (Å²) in [7, 11) is -0.756. The van der Waals surface area contributed by atoms with E-state index in [9.17, 15) is 8.78 Å². The smallest absolute Gasteiger partial charge is 0.200 e. The third kappa shape index (κ3) is 4.16. The lowest BCUT2D eigenvalue weighted by Crippen LogP contribution is -2.24. The van der Waals surface area contributed by atoms with Gasteiger partial charge < -0.3 is 4.74 Å². The Balaban J connectivity index is 1.92. The number of rotatable bonds is 6. The molecule has 0 saturated heterocycles. The summed E-state index contributed by atoms with van der Waals surface area (Å²) in [5, 5.41) is 0.599. The zero-order chi connectivity index (χ0) is 15.2. The van der Waals surface area contributed by atoms with Crippen LogP contribution in [0.25, 0.3) is 0 Å². The monoisotopic (exact) mass is 310 g/mol. The van der Waals surface area contributed by atoms with Gasteiger partial charge in [0.2, 0.25) is 0 Å². The van der Waals surface area contributed by atoms with Crippen LogP contribution in [0, 0.1) is 23.5 Å². The van der Waals surface area contributed by atoms with Gasteiger partial charge in [-0.3, -0.25) is 0 Å². The van der Waals surface area contributed by atoms with Crippen LogP contribution in [0.4, 0.5) is 8.78 Å². The predicted molar refractivity (Wildman–Crippen MR) is 86.2 cm³/mol. The Bertz CT molecular complexity index is 482. The van der Waals surface area contributed by atoms with Crippen LogP contribution in [-0.2, 0) is 0 Å². The summed E-state index contributed by atoms with van der Waals surface area (Å²) in [6.07, 6.45) is 6.84. The van der Waals surface area contributed by atoms with E-state index in [4.69, 9.17) is 4.74 Å². The second-order valence-corrected chi connectivity index (χ2v) is 7.68. The molecule has 0 aliphatic heterocycles. The summed E-state index contributed by atoms with van der Waals surface area (Å²) in [5.74, 6) is -0.145. The van der Waals surface area contributed by atoms with E-state index < -0.39 is 21.2 Å². The summed E-state index contributed by atoms with van der Waals surface area (Å²) in [6, 6.07) is 4.35. The van der Waals surface area contributed by atoms with Gasteiger partial charge in [0.1, 0.15) is 0 Å². The van der Waals surface area contributed by atoms with E-state index in [1.54, 1.807) is 19.1 Å². The maximum atomic E-state index is 14.0. The Morgan fingerprint density at radius 3 is 2.57 bits per heavy atom. The van der Waals surface area contributed by atoms with Gasteiger partial charge in [0, 0.05) is 0 Å². The lowest BCUT2D eigenvalue weighted by molar-refractivity contribution is 0.314. The summed E-state index contributed by atoms with van der Waals surface area (Å²) in [6.45, 7) is 5.96. The van der Waals surface area contributed by atoms with Crippen molar-refractivity contribution in [1.29, 1.82) is 0 Å². The summed E-state index contributed by atoms with van der Waals surface area (Å²) in [4.78, 5) is 0. The molecule has 21 heavy (non-hydrogen) atoms. The average molecular weight is 310 g/mol. The maximum absolute atomic E-state index is 14.0. The van der Waals surface area contributed by atoms with E-state index in [0.29, 0.717) is 23.6 Å². The molecule has 0 amide bonds. The van der Waals surface area contributed by atoms with Gasteiger partial charge in [0.15, 0.2) is 17.4 Å². The maximum Gasteiger partial charge on any atom is 0.200 e. The number of allylic oxidation sites excluding steroid dienone is 1. The normalized spacial score (nSPS) is 22.6. The molecule has 1 aromatic carbocycles. The molecule has 0 N–H and O–H groups in total. The first-order valence-corrected chi connectivity index (χ1v) is 9.58. The molecule has 1 fully saturated rings. The summed E-state index contributed by atoms with van der Waals surface area (Å²) >= 11 is 0. The highest BCUT2D eigenvalue weighted by Crippen LogP contribution is 2.31. The first-order valence-electron chi connectivity index (χ1n) is 7.87. The largest absolute Gasteiger partial charge is 0.491 e. The van der Waals surface area contributed by atoms with Crippen molar-refractivity contribution in [3.63, 3.8) is 0 Å². The van der Waals surface area contributed by atoms with Crippen molar-refractivity contribution in [2.45, 2.75) is 38.7 Å². The van der Waals surface area contributed by atoms with Crippen LogP contribution in [0.3, 0.4) is 0 Å². The Morgan fingerprint density at radius 1 is 1.24 bits per heavy atom. The Morgan fingerprint density at radius 2 is 1.95 bits per heavy atom. The van der Waals surface area contributed by atoms with Crippen LogP contribution >= 0.6 is 0 Å². The van der Waals surface area contributed by atoms with E-state index in [1.807, 2.05) is 0 Å². The SMILES string of the molecule is C=CC1CCC(C[SiH2]c2ccc(OCC)c(F)c2F)CC1. The van der Waals surface area contributed by atoms with Crippen molar-refractivity contribution in [2.75, 3.05) is 6.61 Å². The molecule has 0 atom stereocenters. The van der Waals surface area contributed by atoms with Crippen LogP contribution in [-0.4, -0.2) is 16.1 Å². The second-order valence-electron chi connectivity index (χ2n) is 5.84. The molecular formula is C17H24F2OSi. The molecule has 1 aliphatic carbocycles. The third-order valence-corrected chi connectivity index (χ3v) is 6.66. The number of halogens is 2. The van der Waals surface area contributed by atoms with Crippen molar-refractivity contribution < 1.29 is 13.5 Å². The zero-order valence-corrected chi connectivity index (χ0v) is 14.1. The number of hydrogen-bond donors (Lipinski definition) is 0. The van der Waals surface area contributed by atoms with Crippen LogP contribution in [0.1, 0.15) is 32.6 Å². The van der Waals surface area contributed by atoms with Gasteiger partial charge in [-0.05, 0) is 42.9 Å². The highest BCUT2D eigenvalue weighted by molar-refractivity contribution is 6.53. The van der Waals surface area contributed by atoms with Gasteiger partial charge in [-0.15, -0.1) is 6.58 Å². The second kappa shape index (κ2) is 7.73. The lowest BCUT2D eigenvalue weighted by atomic mass is 9.83. The molecule has 0 unspecified atom stereocenters. The first-order chi connectivity index (χ1) is 10.2. The minimum atomic E-state index is -0.822. The van der Waals surface area contributed by atoms with Gasteiger partial charge in [0.05, 0.1) is 16.1 Å². The highest BCUT2D eigenvalue weighted by atomic mass is 28.2. The zero-order valence-electron chi connectivity index (χ0n) is 12.7. The van der Waals surface area contributed by atoms with Crippen molar-refractivity contribution in [1.82, 2.24) is 0 Å². The molecule has 0 radical (unpaired) electrons. The molecule has 4 heteroatoms. The van der Waals surface area contributed by atoms with Crippen LogP contribution < -0.4 is 9.92 Å². The molecule has 1 saturated carbocycles. The van der Waals surface area contributed by atoms with Gasteiger partial charge in [0.25, 0.3) is 0 Å². The Hall–Kier alpha value is -1.16. The van der Waals surface area contributed by atoms with Crippen molar-refractivity contribution in [3.8, 4) is 5.75 Å². The van der Waals surface area contributed by atoms with E-state index >= 15 is 0 Å². The summed E-state index contributed by atoms with van der Waals surface area (Å²) in [5.41, 5.74) is 0. The van der Waals surface area contributed by atoms with Gasteiger partial charge in [-0.1, -0.05) is 31.0 Å². The van der Waals surface area contributed by atoms with E-state index in [-0.39, 0.29) is 5.75 Å². The summed E-state index contributed by atoms with van der Waals surface area (Å²) < 4.78 is 32.9. The van der Waals surface area contributed by atoms with Gasteiger partial charge in [-0.25, -0.2) is 4.39 Å². The molecule has 0 aromatic heterocycles. The topological polar surface area (TPSA) is 9.23 Å². The molecule has 116 valence electrons. The lowest BCUT2D eigenvalue weighted by Gasteiger charge is -2.26. The third-order valence-electron chi connectivity index (χ3n) is 4.47. The fourth-order valence-corrected chi connectivity index (χ4v) is 5.06. The highest BCUT2D eigenvalue weighted by Gasteiger charge is 2.20. The molecule has 1 aliphatic rings. The van der Waals surface area contributed by atoms with Gasteiger partial charge >= 0.3 is 0 Å². The molecule has 1 aromatic rings. The van der Waals surface area contributed by atoms with Gasteiger partial charge in [-0.2, -0.15) is 4.39 Å². The standard InChI is InChI=1S/C17H24F2OSi/c1-3-12-5-7-13(8-6-12)11-21-15-10-9-14(20-4-2)16(18)17(15)19/h3,9-10,12-13H,1,4-8,11,21H2,2H3. The molecule has 1 nitrogen and oxygen atoms in total. The average Bonchev–Trinajstić information content (AvgIpc) is 2.52. The van der Waals surface area contributed by atoms with E-state index in [0.717, 1.165) is 6.04 Å². The Kier molecular flexibility index (Phi) is 5.97. The first kappa shape index (κ1) is 16.2. The van der Waals surface area contributed by atoms with Crippen molar-refractivity contribution in [3.05, 3.63) is 36.4 Å². The molecule has 0 spiro atoms. The molecule has 0 heterocycles. The molecular weight excluding hydrogens is 286 g/mol. The van der Waals surface area contributed by atoms with E-state index in [1.165, 1.54) is 25.7 Å². The molecule has 2 rings (SSSR count). The molecule has 0 bridgehead atoms. The fourth-order valence-electron chi connectivity index (χ4n) is 3.10. The van der Waals surface area contributed by atoms with Crippen molar-refractivity contribution >= 4 is 14.7 Å².